The van der Waals surface area contributed by atoms with Gasteiger partial charge >= 0.3 is 0 Å². The second-order valence-corrected chi connectivity index (χ2v) is 22.0. The van der Waals surface area contributed by atoms with Crippen molar-refractivity contribution in [2.75, 3.05) is 14.7 Å². The summed E-state index contributed by atoms with van der Waals surface area (Å²) >= 11 is 0. The number of pyridine rings is 1. The van der Waals surface area contributed by atoms with E-state index in [9.17, 15) is 0 Å². The fraction of sp³-hybridized carbons (Fsp3) is 0.238. The first kappa shape index (κ1) is 47.6. The zero-order chi connectivity index (χ0) is 47.8. The Balaban J connectivity index is 0.00000593. The Morgan fingerprint density at radius 1 is 0.478 bits per heavy atom. The van der Waals surface area contributed by atoms with Gasteiger partial charge in [-0.1, -0.05) is 178 Å². The summed E-state index contributed by atoms with van der Waals surface area (Å²) in [6.07, 6.45) is 1.94. The topological polar surface area (TPSA) is 27.5 Å². The smallest absolute Gasteiger partial charge is 0.135 e. The van der Waals surface area contributed by atoms with Crippen molar-refractivity contribution in [3.63, 3.8) is 0 Å². The van der Waals surface area contributed by atoms with Gasteiger partial charge in [0.2, 0.25) is 0 Å². The average Bonchev–Trinajstić information content (AvgIpc) is 3.88. The minimum atomic E-state index is -0.367. The van der Waals surface area contributed by atoms with E-state index >= 15 is 0 Å². The van der Waals surface area contributed by atoms with Crippen molar-refractivity contribution in [1.82, 2.24) is 9.55 Å². The van der Waals surface area contributed by atoms with Crippen LogP contribution in [0.15, 0.2) is 170 Å². The Labute approximate surface area is 424 Å². The van der Waals surface area contributed by atoms with Gasteiger partial charge in [0, 0.05) is 55.5 Å². The predicted octanol–water partition coefficient (Wildman–Crippen LogP) is 16.9. The van der Waals surface area contributed by atoms with Crippen molar-refractivity contribution in [2.24, 2.45) is 0 Å². The maximum Gasteiger partial charge on any atom is 0.135 e. The van der Waals surface area contributed by atoms with Crippen LogP contribution in [0.25, 0.3) is 27.6 Å². The molecule has 0 amide bonds. The molecule has 1 aliphatic heterocycles. The molecule has 0 fully saturated rings. The van der Waals surface area contributed by atoms with E-state index in [2.05, 4.69) is 278 Å². The predicted molar refractivity (Wildman–Crippen MR) is 287 cm³/mol. The molecule has 6 heteroatoms. The van der Waals surface area contributed by atoms with Crippen LogP contribution >= 0.6 is 0 Å². The number of fused-ring (bicyclic) bond motifs is 4. The number of rotatable bonds is 8. The van der Waals surface area contributed by atoms with Crippen LogP contribution in [0.2, 0.25) is 0 Å². The van der Waals surface area contributed by atoms with Gasteiger partial charge < -0.3 is 19.3 Å². The van der Waals surface area contributed by atoms with Gasteiger partial charge in [0.05, 0.1) is 0 Å². The third-order valence-corrected chi connectivity index (χ3v) is 13.8. The minimum absolute atomic E-state index is 0. The maximum absolute atomic E-state index is 5.00. The van der Waals surface area contributed by atoms with Crippen LogP contribution in [0.5, 0.6) is 0 Å². The average molecular weight is 1080 g/mol. The Morgan fingerprint density at radius 2 is 1.07 bits per heavy atom. The van der Waals surface area contributed by atoms with Gasteiger partial charge in [-0.25, -0.2) is 4.98 Å². The van der Waals surface area contributed by atoms with Gasteiger partial charge in [-0.15, -0.1) is 53.6 Å². The molecule has 9 aromatic rings. The first-order valence-electron chi connectivity index (χ1n) is 24.0. The molecule has 7 aromatic carbocycles. The van der Waals surface area contributed by atoms with Crippen LogP contribution in [-0.2, 0) is 42.7 Å². The summed E-state index contributed by atoms with van der Waals surface area (Å²) in [6.45, 7) is 27.5. The summed E-state index contributed by atoms with van der Waals surface area (Å²) in [4.78, 5) is 12.0. The van der Waals surface area contributed by atoms with Crippen LogP contribution in [0.1, 0.15) is 104 Å². The van der Waals surface area contributed by atoms with Gasteiger partial charge in [-0.3, -0.25) is 0 Å². The summed E-state index contributed by atoms with van der Waals surface area (Å²) in [5.74, 6) is 0.874. The van der Waals surface area contributed by atoms with Crippen LogP contribution in [0, 0.1) is 18.8 Å². The van der Waals surface area contributed by atoms with E-state index in [1.165, 1.54) is 27.8 Å². The number of benzene rings is 7. The second kappa shape index (κ2) is 17.8. The largest absolute Gasteiger partial charge is 0.493 e. The number of aromatic nitrogens is 2. The molecule has 3 heterocycles. The number of anilines is 7. The van der Waals surface area contributed by atoms with Gasteiger partial charge in [0.15, 0.2) is 0 Å². The number of nitrogens with zero attached hydrogens (tertiary/aromatic N) is 5. The summed E-state index contributed by atoms with van der Waals surface area (Å²) in [7, 11) is 0. The van der Waals surface area contributed by atoms with Gasteiger partial charge in [0.25, 0.3) is 0 Å². The van der Waals surface area contributed by atoms with Gasteiger partial charge in [-0.2, -0.15) is 6.07 Å². The van der Waals surface area contributed by atoms with Crippen molar-refractivity contribution in [3.8, 4) is 5.82 Å². The third kappa shape index (κ3) is 8.92. The number of para-hydroxylation sites is 4. The van der Waals surface area contributed by atoms with Gasteiger partial charge in [-0.05, 0) is 104 Å². The summed E-state index contributed by atoms with van der Waals surface area (Å²) < 4.78 is 2.28. The Morgan fingerprint density at radius 3 is 1.72 bits per heavy atom. The summed E-state index contributed by atoms with van der Waals surface area (Å²) in [6, 6.07) is 67.5. The van der Waals surface area contributed by atoms with Crippen LogP contribution in [0.4, 0.5) is 39.8 Å². The molecule has 0 saturated heterocycles. The maximum atomic E-state index is 5.00. The Bertz CT molecular complexity index is 3280. The van der Waals surface area contributed by atoms with Crippen molar-refractivity contribution in [2.45, 2.75) is 97.8 Å². The second-order valence-electron chi connectivity index (χ2n) is 22.0. The molecule has 0 radical (unpaired) electrons. The molecule has 69 heavy (non-hydrogen) atoms. The van der Waals surface area contributed by atoms with Crippen LogP contribution in [0.3, 0.4) is 0 Å². The molecule has 352 valence electrons. The van der Waals surface area contributed by atoms with E-state index in [0.717, 1.165) is 67.4 Å². The Hall–Kier alpha value is -6.42. The molecular formula is C63H62N5Pt-3. The Kier molecular flexibility index (Phi) is 12.3. The third-order valence-electron chi connectivity index (χ3n) is 13.8. The zero-order valence-corrected chi connectivity index (χ0v) is 44.1. The van der Waals surface area contributed by atoms with E-state index in [0.29, 0.717) is 0 Å². The first-order valence-corrected chi connectivity index (χ1v) is 24.0. The van der Waals surface area contributed by atoms with Crippen LogP contribution < -0.4 is 14.7 Å². The fourth-order valence-electron chi connectivity index (χ4n) is 9.54. The van der Waals surface area contributed by atoms with Crippen molar-refractivity contribution in [3.05, 3.63) is 217 Å². The van der Waals surface area contributed by atoms with Crippen LogP contribution in [-0.4, -0.2) is 9.55 Å². The van der Waals surface area contributed by atoms with E-state index in [-0.39, 0.29) is 42.7 Å². The molecule has 0 N–H and O–H groups in total. The molecule has 0 bridgehead atoms. The molecule has 10 rings (SSSR count). The van der Waals surface area contributed by atoms with Gasteiger partial charge in [0.1, 0.15) is 5.82 Å². The molecule has 0 unspecified atom stereocenters. The monoisotopic (exact) mass is 1080 g/mol. The molecule has 0 atom stereocenters. The molecule has 5 nitrogen and oxygen atoms in total. The van der Waals surface area contributed by atoms with E-state index in [4.69, 9.17) is 4.98 Å². The fourth-order valence-corrected chi connectivity index (χ4v) is 9.54. The van der Waals surface area contributed by atoms with E-state index in [1.54, 1.807) is 0 Å². The normalized spacial score (nSPS) is 13.2. The molecule has 0 aliphatic carbocycles. The minimum Gasteiger partial charge on any atom is -0.493 e. The van der Waals surface area contributed by atoms with E-state index in [1.807, 2.05) is 6.20 Å². The SMILES string of the molecule is CC(C)(C)c1cc(N2[CH-]N(c3[c-]c(N(c4[c-]c5c(cc4)c4ccccc4n5-c4cc(C(C)(C)C)ccn4)c4ccccc4)cc(C(C)(C)c4ccccc4)c3)c3ccccc32)cc(C(C)(C)C)c1.[Pt]. The molecule has 2 aromatic heterocycles. The van der Waals surface area contributed by atoms with E-state index < -0.39 is 0 Å². The zero-order valence-electron chi connectivity index (χ0n) is 41.8. The number of hydrogen-bond acceptors (Lipinski definition) is 4. The quantitative estimate of drug-likeness (QED) is 0.142. The molecule has 1 aliphatic rings. The number of hydrogen-bond donors (Lipinski definition) is 0. The van der Waals surface area contributed by atoms with Crippen molar-refractivity contribution >= 4 is 61.6 Å². The van der Waals surface area contributed by atoms with Crippen molar-refractivity contribution in [1.29, 1.82) is 0 Å². The molecule has 0 saturated carbocycles. The first-order chi connectivity index (χ1) is 32.4. The van der Waals surface area contributed by atoms with Crippen molar-refractivity contribution < 1.29 is 21.1 Å². The molecular weight excluding hydrogens is 1020 g/mol. The summed E-state index contributed by atoms with van der Waals surface area (Å²) in [5.41, 5.74) is 15.0. The molecule has 0 spiro atoms. The standard InChI is InChI=1S/C63H62N5.Pt/c1-60(2,3)44-32-33-64-59(39-44)68-55-27-19-18-26-53(55)54-31-30-49(41-58(54)68)67(48-24-16-13-17-25-48)52-38-47(63(10,11)43-22-14-12-15-23-43)37-51(40-52)66-42-65(56-28-20-21-29-57(56)66)50-35-45(61(4,5)6)34-46(36-50)62(7,8)9;/h12-39,42H,1-11H3;/q-3;. The summed E-state index contributed by atoms with van der Waals surface area (Å²) in [5, 5.41) is 2.29.